The van der Waals surface area contributed by atoms with Crippen molar-refractivity contribution in [2.45, 2.75) is 25.1 Å². The molecule has 0 aliphatic carbocycles. The van der Waals surface area contributed by atoms with Crippen molar-refractivity contribution in [3.63, 3.8) is 0 Å². The third-order valence-corrected chi connectivity index (χ3v) is 3.26. The first-order valence-corrected chi connectivity index (χ1v) is 6.05. The lowest BCUT2D eigenvalue weighted by Crippen LogP contribution is -2.26. The molecule has 18 heavy (non-hydrogen) atoms. The van der Waals surface area contributed by atoms with Gasteiger partial charge in [-0.1, -0.05) is 18.2 Å². The van der Waals surface area contributed by atoms with Crippen LogP contribution >= 0.6 is 0 Å². The number of hydrogen-bond donors (Lipinski definition) is 1. The van der Waals surface area contributed by atoms with E-state index >= 15 is 0 Å². The van der Waals surface area contributed by atoms with E-state index in [1.165, 1.54) is 18.2 Å². The summed E-state index contributed by atoms with van der Waals surface area (Å²) in [6.45, 7) is 1.98. The summed E-state index contributed by atoms with van der Waals surface area (Å²) in [4.78, 5) is 2.00. The van der Waals surface area contributed by atoms with Gasteiger partial charge in [-0.2, -0.15) is 13.2 Å². The van der Waals surface area contributed by atoms with Crippen molar-refractivity contribution in [3.05, 3.63) is 35.4 Å². The van der Waals surface area contributed by atoms with Crippen molar-refractivity contribution in [2.24, 2.45) is 0 Å². The highest BCUT2D eigenvalue weighted by molar-refractivity contribution is 5.31. The number of rotatable bonds is 3. The molecule has 0 amide bonds. The predicted octanol–water partition coefficient (Wildman–Crippen LogP) is 2.83. The SMILES string of the molecule is OC(CN1CCCC1)c1ccccc1C(F)(F)F. The quantitative estimate of drug-likeness (QED) is 0.902. The molecule has 1 aromatic carbocycles. The van der Waals surface area contributed by atoms with Gasteiger partial charge in [-0.3, -0.25) is 0 Å². The Kier molecular flexibility index (Phi) is 3.92. The molecule has 100 valence electrons. The van der Waals surface area contributed by atoms with Gasteiger partial charge in [-0.05, 0) is 37.6 Å². The van der Waals surface area contributed by atoms with Gasteiger partial charge in [0.1, 0.15) is 0 Å². The Labute approximate surface area is 104 Å². The van der Waals surface area contributed by atoms with Crippen molar-refractivity contribution >= 4 is 0 Å². The van der Waals surface area contributed by atoms with Crippen LogP contribution in [0.1, 0.15) is 30.1 Å². The van der Waals surface area contributed by atoms with E-state index in [2.05, 4.69) is 0 Å². The molecule has 1 saturated heterocycles. The number of aliphatic hydroxyl groups is 1. The van der Waals surface area contributed by atoms with Gasteiger partial charge in [-0.15, -0.1) is 0 Å². The largest absolute Gasteiger partial charge is 0.416 e. The average molecular weight is 259 g/mol. The number of alkyl halides is 3. The van der Waals surface area contributed by atoms with Crippen molar-refractivity contribution in [1.82, 2.24) is 4.90 Å². The standard InChI is InChI=1S/C13H16F3NO/c14-13(15,16)11-6-2-1-5-10(11)12(18)9-17-7-3-4-8-17/h1-2,5-6,12,18H,3-4,7-9H2. The summed E-state index contributed by atoms with van der Waals surface area (Å²) in [5.41, 5.74) is -0.770. The van der Waals surface area contributed by atoms with Gasteiger partial charge >= 0.3 is 6.18 Å². The molecule has 0 radical (unpaired) electrons. The van der Waals surface area contributed by atoms with Gasteiger partial charge in [0.15, 0.2) is 0 Å². The smallest absolute Gasteiger partial charge is 0.387 e. The first-order valence-electron chi connectivity index (χ1n) is 6.05. The van der Waals surface area contributed by atoms with Crippen LogP contribution in [-0.2, 0) is 6.18 Å². The van der Waals surface area contributed by atoms with E-state index in [1.807, 2.05) is 4.90 Å². The summed E-state index contributed by atoms with van der Waals surface area (Å²) in [6.07, 6.45) is -3.40. The lowest BCUT2D eigenvalue weighted by molar-refractivity contribution is -0.139. The van der Waals surface area contributed by atoms with E-state index in [4.69, 9.17) is 0 Å². The minimum atomic E-state index is -4.41. The maximum absolute atomic E-state index is 12.8. The number of nitrogens with zero attached hydrogens (tertiary/aromatic N) is 1. The molecule has 1 N–H and O–H groups in total. The Morgan fingerprint density at radius 1 is 1.17 bits per heavy atom. The molecular formula is C13H16F3NO. The van der Waals surface area contributed by atoms with Gasteiger partial charge in [0.2, 0.25) is 0 Å². The molecular weight excluding hydrogens is 243 g/mol. The third kappa shape index (κ3) is 3.03. The third-order valence-electron chi connectivity index (χ3n) is 3.26. The van der Waals surface area contributed by atoms with E-state index in [0.29, 0.717) is 0 Å². The van der Waals surface area contributed by atoms with Crippen molar-refractivity contribution in [3.8, 4) is 0 Å². The molecule has 0 saturated carbocycles. The van der Waals surface area contributed by atoms with E-state index in [-0.39, 0.29) is 12.1 Å². The fraction of sp³-hybridized carbons (Fsp3) is 0.538. The second-order valence-corrected chi connectivity index (χ2v) is 4.61. The second-order valence-electron chi connectivity index (χ2n) is 4.61. The Morgan fingerprint density at radius 3 is 2.39 bits per heavy atom. The molecule has 0 aromatic heterocycles. The molecule has 2 rings (SSSR count). The monoisotopic (exact) mass is 259 g/mol. The zero-order valence-electron chi connectivity index (χ0n) is 9.95. The van der Waals surface area contributed by atoms with Gasteiger partial charge in [0.05, 0.1) is 11.7 Å². The van der Waals surface area contributed by atoms with Crippen LogP contribution in [0.25, 0.3) is 0 Å². The summed E-state index contributed by atoms with van der Waals surface area (Å²) in [5, 5.41) is 9.98. The number of aliphatic hydroxyl groups excluding tert-OH is 1. The minimum absolute atomic E-state index is 0.0306. The molecule has 0 spiro atoms. The van der Waals surface area contributed by atoms with Crippen molar-refractivity contribution < 1.29 is 18.3 Å². The fourth-order valence-electron chi connectivity index (χ4n) is 2.35. The van der Waals surface area contributed by atoms with Crippen LogP contribution in [0.3, 0.4) is 0 Å². The van der Waals surface area contributed by atoms with Crippen LogP contribution in [0, 0.1) is 0 Å². The van der Waals surface area contributed by atoms with Crippen LogP contribution in [0.15, 0.2) is 24.3 Å². The molecule has 1 fully saturated rings. The number of likely N-dealkylation sites (tertiary alicyclic amines) is 1. The summed E-state index contributed by atoms with van der Waals surface area (Å²) in [5.74, 6) is 0. The Morgan fingerprint density at radius 2 is 1.78 bits per heavy atom. The lowest BCUT2D eigenvalue weighted by Gasteiger charge is -2.22. The zero-order valence-corrected chi connectivity index (χ0v) is 9.95. The highest BCUT2D eigenvalue weighted by Gasteiger charge is 2.35. The summed E-state index contributed by atoms with van der Waals surface area (Å²) in [7, 11) is 0. The average Bonchev–Trinajstić information content (AvgIpc) is 2.80. The summed E-state index contributed by atoms with van der Waals surface area (Å²) < 4.78 is 38.4. The predicted molar refractivity (Wildman–Crippen MR) is 62.1 cm³/mol. The van der Waals surface area contributed by atoms with E-state index in [9.17, 15) is 18.3 Å². The molecule has 2 nitrogen and oxygen atoms in total. The van der Waals surface area contributed by atoms with Crippen LogP contribution in [-0.4, -0.2) is 29.6 Å². The Bertz CT molecular complexity index is 399. The number of hydrogen-bond acceptors (Lipinski definition) is 2. The maximum Gasteiger partial charge on any atom is 0.416 e. The second kappa shape index (κ2) is 5.28. The van der Waals surface area contributed by atoms with Crippen LogP contribution < -0.4 is 0 Å². The first-order chi connectivity index (χ1) is 8.48. The topological polar surface area (TPSA) is 23.5 Å². The molecule has 1 aliphatic rings. The molecule has 1 aromatic rings. The van der Waals surface area contributed by atoms with E-state index < -0.39 is 17.8 Å². The Hall–Kier alpha value is -1.07. The van der Waals surface area contributed by atoms with E-state index in [0.717, 1.165) is 32.0 Å². The van der Waals surface area contributed by atoms with Gasteiger partial charge in [-0.25, -0.2) is 0 Å². The summed E-state index contributed by atoms with van der Waals surface area (Å²) in [6, 6.07) is 5.23. The number of β-amino-alcohol motifs (C(OH)–C–C–N with tert-alkyl or cyclic N) is 1. The van der Waals surface area contributed by atoms with Gasteiger partial charge in [0, 0.05) is 6.54 Å². The number of halogens is 3. The zero-order chi connectivity index (χ0) is 13.2. The Balaban J connectivity index is 2.16. The van der Waals surface area contributed by atoms with Crippen LogP contribution in [0.5, 0.6) is 0 Å². The van der Waals surface area contributed by atoms with Crippen molar-refractivity contribution in [2.75, 3.05) is 19.6 Å². The van der Waals surface area contributed by atoms with E-state index in [1.54, 1.807) is 0 Å². The molecule has 0 bridgehead atoms. The van der Waals surface area contributed by atoms with Crippen molar-refractivity contribution in [1.29, 1.82) is 0 Å². The normalized spacial score (nSPS) is 19.1. The highest BCUT2D eigenvalue weighted by Crippen LogP contribution is 2.34. The molecule has 1 aliphatic heterocycles. The fourth-order valence-corrected chi connectivity index (χ4v) is 2.35. The van der Waals surface area contributed by atoms with Crippen LogP contribution in [0.4, 0.5) is 13.2 Å². The summed E-state index contributed by atoms with van der Waals surface area (Å²) >= 11 is 0. The van der Waals surface area contributed by atoms with Gasteiger partial charge in [0.25, 0.3) is 0 Å². The maximum atomic E-state index is 12.8. The molecule has 1 heterocycles. The van der Waals surface area contributed by atoms with Crippen LogP contribution in [0.2, 0.25) is 0 Å². The highest BCUT2D eigenvalue weighted by atomic mass is 19.4. The minimum Gasteiger partial charge on any atom is -0.387 e. The lowest BCUT2D eigenvalue weighted by atomic mass is 10.0. The first kappa shape index (κ1) is 13.4. The molecule has 1 unspecified atom stereocenters. The van der Waals surface area contributed by atoms with Gasteiger partial charge < -0.3 is 10.0 Å². The molecule has 1 atom stereocenters. The molecule has 5 heteroatoms. The number of benzene rings is 1.